The lowest BCUT2D eigenvalue weighted by Gasteiger charge is -2.10. The Morgan fingerprint density at radius 1 is 1.64 bits per heavy atom. The van der Waals surface area contributed by atoms with Crippen molar-refractivity contribution in [2.75, 3.05) is 14.1 Å². The Morgan fingerprint density at radius 2 is 2.27 bits per heavy atom. The van der Waals surface area contributed by atoms with Crippen LogP contribution in [0.1, 0.15) is 2.74 Å². The lowest BCUT2D eigenvalue weighted by molar-refractivity contribution is 0.510. The molecule has 1 heterocycles. The molecule has 0 saturated carbocycles. The van der Waals surface area contributed by atoms with Crippen molar-refractivity contribution in [1.29, 1.82) is 0 Å². The Bertz CT molecular complexity index is 392. The third-order valence-corrected chi connectivity index (χ3v) is 2.65. The van der Waals surface area contributed by atoms with Gasteiger partial charge in [-0.1, -0.05) is 0 Å². The van der Waals surface area contributed by atoms with Gasteiger partial charge < -0.3 is 0 Å². The molecule has 0 unspecified atom stereocenters. The van der Waals surface area contributed by atoms with E-state index in [-0.39, 0.29) is 6.17 Å². The van der Waals surface area contributed by atoms with Gasteiger partial charge in [-0.05, 0) is 0 Å². The molecule has 0 saturated heterocycles. The third-order valence-electron chi connectivity index (χ3n) is 1.08. The normalized spacial score (nSPS) is 14.8. The molecule has 0 N–H and O–H groups in total. The summed E-state index contributed by atoms with van der Waals surface area (Å²) >= 11 is 0. The zero-order valence-corrected chi connectivity index (χ0v) is 6.96. The number of aromatic nitrogens is 2. The van der Waals surface area contributed by atoms with E-state index in [9.17, 15) is 8.42 Å². The van der Waals surface area contributed by atoms with E-state index in [0.717, 1.165) is 10.5 Å². The Balaban J connectivity index is 3.38. The van der Waals surface area contributed by atoms with Gasteiger partial charge >= 0.3 is 10.2 Å². The van der Waals surface area contributed by atoms with E-state index in [1.807, 2.05) is 0 Å². The smallest absolute Gasteiger partial charge is 0.244 e. The molecule has 0 bridgehead atoms. The van der Waals surface area contributed by atoms with Gasteiger partial charge in [0.05, 0.1) is 1.37 Å². The van der Waals surface area contributed by atoms with Gasteiger partial charge in [0, 0.05) is 26.5 Å². The van der Waals surface area contributed by atoms with Crippen LogP contribution in [0.15, 0.2) is 18.7 Å². The second kappa shape index (κ2) is 2.63. The summed E-state index contributed by atoms with van der Waals surface area (Å²) in [6, 6.07) is 0. The Kier molecular flexibility index (Phi) is 1.37. The molecule has 11 heavy (non-hydrogen) atoms. The second-order valence-corrected chi connectivity index (χ2v) is 4.03. The zero-order chi connectivity index (χ0) is 10.2. The summed E-state index contributed by atoms with van der Waals surface area (Å²) in [5.74, 6) is 0. The monoisotopic (exact) mass is 177 g/mol. The number of hydrogen-bond acceptors (Lipinski definition) is 3. The first-order valence-electron chi connectivity index (χ1n) is 3.81. The van der Waals surface area contributed by atoms with Crippen LogP contribution in [-0.4, -0.2) is 35.8 Å². The number of hydrogen-bond donors (Lipinski definition) is 0. The van der Waals surface area contributed by atoms with Gasteiger partial charge in [-0.2, -0.15) is 12.7 Å². The quantitative estimate of drug-likeness (QED) is 0.614. The molecule has 62 valence electrons. The van der Waals surface area contributed by atoms with Gasteiger partial charge in [-0.25, -0.2) is 8.96 Å². The van der Waals surface area contributed by atoms with Crippen molar-refractivity contribution in [3.63, 3.8) is 0 Å². The lowest BCUT2D eigenvalue weighted by atomic mass is 11.0. The van der Waals surface area contributed by atoms with Crippen molar-refractivity contribution in [2.24, 2.45) is 0 Å². The predicted molar refractivity (Wildman–Crippen MR) is 40.2 cm³/mol. The summed E-state index contributed by atoms with van der Waals surface area (Å²) in [5, 5.41) is 0. The molecule has 0 aliphatic rings. The first-order valence-corrected chi connectivity index (χ1v) is 4.21. The summed E-state index contributed by atoms with van der Waals surface area (Å²) in [5.41, 5.74) is 0. The maximum absolute atomic E-state index is 11.4. The molecular formula is C5H9N3O2S. The SMILES string of the molecule is [2H]c1cnc([2H])n1S(=O)(=O)N(C)C. The van der Waals surface area contributed by atoms with Crippen LogP contribution in [-0.2, 0) is 10.2 Å². The van der Waals surface area contributed by atoms with Crippen LogP contribution in [0.5, 0.6) is 0 Å². The van der Waals surface area contributed by atoms with Crippen molar-refractivity contribution in [3.05, 3.63) is 18.7 Å². The molecule has 0 fully saturated rings. The Morgan fingerprint density at radius 3 is 2.64 bits per heavy atom. The molecular weight excluding hydrogens is 166 g/mol. The first-order chi connectivity index (χ1) is 5.87. The Hall–Kier alpha value is -0.880. The number of nitrogens with zero attached hydrogens (tertiary/aromatic N) is 3. The molecule has 0 atom stereocenters. The van der Waals surface area contributed by atoms with Crippen LogP contribution in [0.25, 0.3) is 0 Å². The van der Waals surface area contributed by atoms with Crippen molar-refractivity contribution in [3.8, 4) is 0 Å². The van der Waals surface area contributed by atoms with Gasteiger partial charge in [-0.15, -0.1) is 0 Å². The molecule has 1 aromatic rings. The van der Waals surface area contributed by atoms with Gasteiger partial charge in [0.2, 0.25) is 0 Å². The highest BCUT2D eigenvalue weighted by Gasteiger charge is 2.13. The topological polar surface area (TPSA) is 55.2 Å². The molecule has 6 heteroatoms. The van der Waals surface area contributed by atoms with Crippen molar-refractivity contribution in [2.45, 2.75) is 0 Å². The second-order valence-electron chi connectivity index (χ2n) is 2.04. The maximum atomic E-state index is 11.4. The fourth-order valence-electron chi connectivity index (χ4n) is 0.473. The minimum absolute atomic E-state index is 0.321. The fourth-order valence-corrected chi connectivity index (χ4v) is 1.13. The molecule has 0 aromatic carbocycles. The standard InChI is InChI=1S/C5H9N3O2S/c1-7(2)11(9,10)8-4-3-6-5-8/h3-5H,1-2H3/i4D,5D. The Labute approximate surface area is 68.3 Å². The largest absolute Gasteiger partial charge is 0.308 e. The predicted octanol–water partition coefficient (Wildman–Crippen LogP) is -0.462. The van der Waals surface area contributed by atoms with Gasteiger partial charge in [-0.3, -0.25) is 0 Å². The molecule has 0 aliphatic heterocycles. The summed E-state index contributed by atoms with van der Waals surface area (Å²) in [7, 11) is -1.13. The zero-order valence-electron chi connectivity index (χ0n) is 8.14. The van der Waals surface area contributed by atoms with Crippen LogP contribution in [0, 0.1) is 0 Å². The molecule has 0 aliphatic carbocycles. The summed E-state index contributed by atoms with van der Waals surface area (Å²) in [6.07, 6.45) is 0.237. The third kappa shape index (κ3) is 1.41. The highest BCUT2D eigenvalue weighted by molar-refractivity contribution is 7.87. The van der Waals surface area contributed by atoms with E-state index in [1.165, 1.54) is 14.1 Å². The highest BCUT2D eigenvalue weighted by atomic mass is 32.2. The minimum Gasteiger partial charge on any atom is -0.244 e. The molecule has 0 amide bonds. The van der Waals surface area contributed by atoms with Gasteiger partial charge in [0.1, 0.15) is 7.67 Å². The molecule has 1 rings (SSSR count). The average molecular weight is 177 g/mol. The maximum Gasteiger partial charge on any atom is 0.308 e. The fraction of sp³-hybridized carbons (Fsp3) is 0.400. The van der Waals surface area contributed by atoms with E-state index in [0.29, 0.717) is 3.97 Å². The van der Waals surface area contributed by atoms with Crippen LogP contribution in [0.3, 0.4) is 0 Å². The van der Waals surface area contributed by atoms with E-state index >= 15 is 0 Å². The number of imidazole rings is 1. The minimum atomic E-state index is -3.78. The van der Waals surface area contributed by atoms with Gasteiger partial charge in [0.15, 0.2) is 0 Å². The number of rotatable bonds is 2. The highest BCUT2D eigenvalue weighted by Crippen LogP contribution is 1.98. The van der Waals surface area contributed by atoms with Crippen LogP contribution in [0.4, 0.5) is 0 Å². The van der Waals surface area contributed by atoms with Crippen molar-refractivity contribution in [1.82, 2.24) is 13.3 Å². The first kappa shape index (κ1) is 5.73. The summed E-state index contributed by atoms with van der Waals surface area (Å²) < 4.78 is 38.7. The van der Waals surface area contributed by atoms with E-state index < -0.39 is 16.5 Å². The van der Waals surface area contributed by atoms with Crippen molar-refractivity contribution >= 4 is 10.2 Å². The molecule has 1 aromatic heterocycles. The van der Waals surface area contributed by atoms with Crippen molar-refractivity contribution < 1.29 is 11.2 Å². The van der Waals surface area contributed by atoms with Crippen LogP contribution < -0.4 is 0 Å². The molecule has 0 radical (unpaired) electrons. The average Bonchev–Trinajstić information content (AvgIpc) is 2.30. The lowest BCUT2D eigenvalue weighted by Crippen LogP contribution is -2.27. The van der Waals surface area contributed by atoms with E-state index in [4.69, 9.17) is 2.74 Å². The van der Waals surface area contributed by atoms with E-state index in [2.05, 4.69) is 4.98 Å². The molecule has 5 nitrogen and oxygen atoms in total. The summed E-state index contributed by atoms with van der Waals surface area (Å²) in [6.45, 7) is 0. The van der Waals surface area contributed by atoms with E-state index in [1.54, 1.807) is 0 Å². The van der Waals surface area contributed by atoms with Crippen LogP contribution in [0.2, 0.25) is 0 Å². The molecule has 0 spiro atoms. The van der Waals surface area contributed by atoms with Gasteiger partial charge in [0.25, 0.3) is 0 Å². The summed E-state index contributed by atoms with van der Waals surface area (Å²) in [4.78, 5) is 3.40. The van der Waals surface area contributed by atoms with Crippen LogP contribution >= 0.6 is 0 Å².